The third-order valence-corrected chi connectivity index (χ3v) is 3.04. The molecule has 1 atom stereocenters. The molecule has 0 aromatic heterocycles. The highest BCUT2D eigenvalue weighted by molar-refractivity contribution is 5.81. The monoisotopic (exact) mass is 229 g/mol. The van der Waals surface area contributed by atoms with Gasteiger partial charge in [-0.3, -0.25) is 4.79 Å². The number of carbonyl (C=O) groups excluding carboxylic acids is 1. The van der Waals surface area contributed by atoms with Gasteiger partial charge in [-0.2, -0.15) is 0 Å². The average molecular weight is 229 g/mol. The van der Waals surface area contributed by atoms with Gasteiger partial charge < -0.3 is 14.8 Å². The molecule has 4 nitrogen and oxygen atoms in total. The van der Waals surface area contributed by atoms with Crippen LogP contribution < -0.4 is 5.32 Å². The van der Waals surface area contributed by atoms with E-state index in [1.165, 1.54) is 7.11 Å². The summed E-state index contributed by atoms with van der Waals surface area (Å²) in [4.78, 5) is 11.9. The lowest BCUT2D eigenvalue weighted by Crippen LogP contribution is -2.60. The van der Waals surface area contributed by atoms with Gasteiger partial charge in [0.2, 0.25) is 0 Å². The first kappa shape index (κ1) is 13.5. The van der Waals surface area contributed by atoms with E-state index < -0.39 is 5.54 Å². The van der Waals surface area contributed by atoms with Gasteiger partial charge in [-0.15, -0.1) is 0 Å². The van der Waals surface area contributed by atoms with Crippen LogP contribution in [0.3, 0.4) is 0 Å². The normalized spacial score (nSPS) is 28.8. The van der Waals surface area contributed by atoms with Gasteiger partial charge in [0.15, 0.2) is 0 Å². The third kappa shape index (κ3) is 2.95. The molecule has 94 valence electrons. The number of esters is 1. The Morgan fingerprint density at radius 3 is 2.69 bits per heavy atom. The molecule has 1 fully saturated rings. The second kappa shape index (κ2) is 5.15. The molecule has 4 heteroatoms. The van der Waals surface area contributed by atoms with Gasteiger partial charge >= 0.3 is 5.97 Å². The summed E-state index contributed by atoms with van der Waals surface area (Å²) in [5, 5.41) is 3.34. The summed E-state index contributed by atoms with van der Waals surface area (Å²) in [5.41, 5.74) is -0.834. The zero-order valence-electron chi connectivity index (χ0n) is 10.8. The number of hydrogen-bond acceptors (Lipinski definition) is 4. The summed E-state index contributed by atoms with van der Waals surface area (Å²) < 4.78 is 10.6. The van der Waals surface area contributed by atoms with Gasteiger partial charge in [-0.05, 0) is 33.2 Å². The Bertz CT molecular complexity index is 253. The fraction of sp³-hybridized carbons (Fsp3) is 0.917. The van der Waals surface area contributed by atoms with E-state index in [0.717, 1.165) is 13.0 Å². The molecule has 1 aliphatic heterocycles. The molecule has 0 saturated carbocycles. The first-order chi connectivity index (χ1) is 7.46. The molecule has 1 unspecified atom stereocenters. The van der Waals surface area contributed by atoms with Crippen molar-refractivity contribution in [3.63, 3.8) is 0 Å². The highest BCUT2D eigenvalue weighted by atomic mass is 16.5. The standard InChI is InChI=1S/C12H23NO3/c1-5-7-13-12(10(14)15-4)6-8-16-11(2,3)9-12/h13H,5-9H2,1-4H3. The first-order valence-corrected chi connectivity index (χ1v) is 5.93. The predicted octanol–water partition coefficient (Wildman–Crippen LogP) is 1.49. The Morgan fingerprint density at radius 2 is 2.19 bits per heavy atom. The molecule has 0 radical (unpaired) electrons. The minimum absolute atomic E-state index is 0.169. The van der Waals surface area contributed by atoms with E-state index in [9.17, 15) is 4.79 Å². The minimum Gasteiger partial charge on any atom is -0.468 e. The van der Waals surface area contributed by atoms with Gasteiger partial charge in [0, 0.05) is 13.0 Å². The number of rotatable bonds is 4. The Balaban J connectivity index is 2.81. The molecular formula is C12H23NO3. The zero-order chi connectivity index (χ0) is 12.2. The highest BCUT2D eigenvalue weighted by Crippen LogP contribution is 2.32. The van der Waals surface area contributed by atoms with Crippen molar-refractivity contribution in [3.8, 4) is 0 Å². The lowest BCUT2D eigenvalue weighted by atomic mass is 9.81. The van der Waals surface area contributed by atoms with Gasteiger partial charge in [0.1, 0.15) is 5.54 Å². The van der Waals surface area contributed by atoms with Crippen LogP contribution in [0.25, 0.3) is 0 Å². The van der Waals surface area contributed by atoms with Crippen molar-refractivity contribution < 1.29 is 14.3 Å². The number of ether oxygens (including phenoxy) is 2. The van der Waals surface area contributed by atoms with Gasteiger partial charge in [-0.25, -0.2) is 0 Å². The van der Waals surface area contributed by atoms with Gasteiger partial charge in [0.25, 0.3) is 0 Å². The highest BCUT2D eigenvalue weighted by Gasteiger charge is 2.46. The zero-order valence-corrected chi connectivity index (χ0v) is 10.8. The minimum atomic E-state index is -0.563. The predicted molar refractivity (Wildman–Crippen MR) is 62.3 cm³/mol. The first-order valence-electron chi connectivity index (χ1n) is 5.93. The fourth-order valence-electron chi connectivity index (χ4n) is 2.32. The maximum absolute atomic E-state index is 11.9. The maximum Gasteiger partial charge on any atom is 0.326 e. The molecule has 1 N–H and O–H groups in total. The summed E-state index contributed by atoms with van der Waals surface area (Å²) in [6.07, 6.45) is 2.34. The van der Waals surface area contributed by atoms with E-state index in [0.29, 0.717) is 19.4 Å². The molecule has 0 aromatic carbocycles. The van der Waals surface area contributed by atoms with E-state index in [1.54, 1.807) is 0 Å². The van der Waals surface area contributed by atoms with Crippen molar-refractivity contribution in [1.82, 2.24) is 5.32 Å². The maximum atomic E-state index is 11.9. The van der Waals surface area contributed by atoms with Crippen molar-refractivity contribution in [3.05, 3.63) is 0 Å². The number of hydrogen-bond donors (Lipinski definition) is 1. The second-order valence-electron chi connectivity index (χ2n) is 5.04. The van der Waals surface area contributed by atoms with Crippen LogP contribution in [0.1, 0.15) is 40.0 Å². The summed E-state index contributed by atoms with van der Waals surface area (Å²) >= 11 is 0. The molecule has 1 aliphatic rings. The average Bonchev–Trinajstić information content (AvgIpc) is 2.24. The van der Waals surface area contributed by atoms with Crippen molar-refractivity contribution in [2.75, 3.05) is 20.3 Å². The molecule has 0 aliphatic carbocycles. The summed E-state index contributed by atoms with van der Waals surface area (Å²) in [6, 6.07) is 0. The van der Waals surface area contributed by atoms with Crippen LogP contribution in [0.2, 0.25) is 0 Å². The topological polar surface area (TPSA) is 47.6 Å². The van der Waals surface area contributed by atoms with Crippen LogP contribution in [0.15, 0.2) is 0 Å². The van der Waals surface area contributed by atoms with Crippen molar-refractivity contribution in [2.24, 2.45) is 0 Å². The third-order valence-electron chi connectivity index (χ3n) is 3.04. The molecule has 1 rings (SSSR count). The molecule has 16 heavy (non-hydrogen) atoms. The Morgan fingerprint density at radius 1 is 1.50 bits per heavy atom. The van der Waals surface area contributed by atoms with Crippen molar-refractivity contribution >= 4 is 5.97 Å². The molecule has 1 heterocycles. The number of carbonyl (C=O) groups is 1. The van der Waals surface area contributed by atoms with Gasteiger partial charge in [-0.1, -0.05) is 6.92 Å². The van der Waals surface area contributed by atoms with Crippen LogP contribution >= 0.6 is 0 Å². The lowest BCUT2D eigenvalue weighted by molar-refractivity contribution is -0.161. The molecule has 0 spiro atoms. The fourth-order valence-corrected chi connectivity index (χ4v) is 2.32. The quantitative estimate of drug-likeness (QED) is 0.742. The molecule has 0 aromatic rings. The van der Waals surface area contributed by atoms with E-state index in [2.05, 4.69) is 12.2 Å². The van der Waals surface area contributed by atoms with Crippen LogP contribution in [-0.4, -0.2) is 37.4 Å². The molecular weight excluding hydrogens is 206 g/mol. The van der Waals surface area contributed by atoms with Crippen LogP contribution in [0.4, 0.5) is 0 Å². The van der Waals surface area contributed by atoms with E-state index >= 15 is 0 Å². The van der Waals surface area contributed by atoms with Crippen LogP contribution in [0.5, 0.6) is 0 Å². The van der Waals surface area contributed by atoms with Crippen molar-refractivity contribution in [1.29, 1.82) is 0 Å². The van der Waals surface area contributed by atoms with E-state index in [4.69, 9.17) is 9.47 Å². The van der Waals surface area contributed by atoms with Gasteiger partial charge in [0.05, 0.1) is 12.7 Å². The largest absolute Gasteiger partial charge is 0.468 e. The van der Waals surface area contributed by atoms with E-state index in [-0.39, 0.29) is 11.6 Å². The Kier molecular flexibility index (Phi) is 4.33. The number of nitrogens with one attached hydrogen (secondary N) is 1. The summed E-state index contributed by atoms with van der Waals surface area (Å²) in [7, 11) is 1.44. The molecule has 0 bridgehead atoms. The lowest BCUT2D eigenvalue weighted by Gasteiger charge is -2.43. The van der Waals surface area contributed by atoms with Crippen molar-refractivity contribution in [2.45, 2.75) is 51.2 Å². The Labute approximate surface area is 97.7 Å². The number of methoxy groups -OCH3 is 1. The Hall–Kier alpha value is -0.610. The van der Waals surface area contributed by atoms with E-state index in [1.807, 2.05) is 13.8 Å². The van der Waals surface area contributed by atoms with Crippen LogP contribution in [0, 0.1) is 0 Å². The SMILES string of the molecule is CCCNC1(C(=O)OC)CCOC(C)(C)C1. The summed E-state index contributed by atoms with van der Waals surface area (Å²) in [5.74, 6) is -0.169. The molecule has 0 amide bonds. The second-order valence-corrected chi connectivity index (χ2v) is 5.04. The smallest absolute Gasteiger partial charge is 0.326 e. The molecule has 1 saturated heterocycles. The van der Waals surface area contributed by atoms with Crippen LogP contribution in [-0.2, 0) is 14.3 Å². The summed E-state index contributed by atoms with van der Waals surface area (Å²) in [6.45, 7) is 7.53.